The summed E-state index contributed by atoms with van der Waals surface area (Å²) in [5, 5.41) is 12.9. The quantitative estimate of drug-likeness (QED) is 0.771. The number of halogens is 2. The van der Waals surface area contributed by atoms with Crippen LogP contribution in [0.2, 0.25) is 0 Å². The van der Waals surface area contributed by atoms with E-state index in [-0.39, 0.29) is 30.9 Å². The first-order valence-corrected chi connectivity index (χ1v) is 8.47. The number of piperazine rings is 1. The van der Waals surface area contributed by atoms with Crippen molar-refractivity contribution in [2.75, 3.05) is 39.3 Å². The Labute approximate surface area is 153 Å². The maximum absolute atomic E-state index is 12.4. The molecule has 2 fully saturated rings. The predicted octanol–water partition coefficient (Wildman–Crippen LogP) is 1.52. The summed E-state index contributed by atoms with van der Waals surface area (Å²) in [5.74, 6) is 1.04. The third-order valence-corrected chi connectivity index (χ3v) is 4.84. The zero-order chi connectivity index (χ0) is 15.2. The number of nitrogens with zero attached hydrogens (tertiary/aromatic N) is 2. The second-order valence-corrected chi connectivity index (χ2v) is 6.76. The van der Waals surface area contributed by atoms with Crippen molar-refractivity contribution in [3.63, 3.8) is 0 Å². The Morgan fingerprint density at radius 3 is 2.48 bits per heavy atom. The van der Waals surface area contributed by atoms with Crippen LogP contribution < -0.4 is 5.32 Å². The number of aliphatic hydroxyl groups excluding tert-OH is 1. The van der Waals surface area contributed by atoms with Gasteiger partial charge in [0.1, 0.15) is 0 Å². The van der Waals surface area contributed by atoms with Crippen molar-refractivity contribution in [2.24, 2.45) is 5.92 Å². The van der Waals surface area contributed by atoms with E-state index in [1.807, 2.05) is 11.8 Å². The van der Waals surface area contributed by atoms with E-state index in [9.17, 15) is 9.90 Å². The minimum absolute atomic E-state index is 0. The Morgan fingerprint density at radius 2 is 1.91 bits per heavy atom. The summed E-state index contributed by atoms with van der Waals surface area (Å²) >= 11 is 0. The van der Waals surface area contributed by atoms with Gasteiger partial charge in [-0.05, 0) is 52.1 Å². The molecule has 5 nitrogen and oxygen atoms in total. The third kappa shape index (κ3) is 7.57. The van der Waals surface area contributed by atoms with E-state index in [1.165, 1.54) is 12.8 Å². The Bertz CT molecular complexity index is 339. The minimum Gasteiger partial charge on any atom is -0.392 e. The summed E-state index contributed by atoms with van der Waals surface area (Å²) in [7, 11) is 0. The molecule has 2 heterocycles. The maximum Gasteiger partial charge on any atom is 0.222 e. The van der Waals surface area contributed by atoms with Gasteiger partial charge in [-0.25, -0.2) is 0 Å². The molecule has 1 amide bonds. The van der Waals surface area contributed by atoms with Gasteiger partial charge in [0.15, 0.2) is 0 Å². The average Bonchev–Trinajstić information content (AvgIpc) is 2.47. The summed E-state index contributed by atoms with van der Waals surface area (Å²) in [6, 6.07) is 0.344. The number of amides is 1. The lowest BCUT2D eigenvalue weighted by Gasteiger charge is -2.40. The lowest BCUT2D eigenvalue weighted by atomic mass is 9.93. The highest BCUT2D eigenvalue weighted by Gasteiger charge is 2.27. The summed E-state index contributed by atoms with van der Waals surface area (Å²) in [6.07, 6.45) is 3.88. The highest BCUT2D eigenvalue weighted by Crippen LogP contribution is 2.19. The molecule has 0 aromatic heterocycles. The van der Waals surface area contributed by atoms with Gasteiger partial charge >= 0.3 is 0 Å². The number of carbonyl (C=O) groups is 1. The molecule has 2 atom stereocenters. The van der Waals surface area contributed by atoms with E-state index in [2.05, 4.69) is 17.1 Å². The van der Waals surface area contributed by atoms with Crippen LogP contribution in [0.1, 0.15) is 39.5 Å². The molecular weight excluding hydrogens is 337 g/mol. The van der Waals surface area contributed by atoms with Crippen LogP contribution in [0.15, 0.2) is 0 Å². The topological polar surface area (TPSA) is 55.8 Å². The predicted molar refractivity (Wildman–Crippen MR) is 98.6 cm³/mol. The van der Waals surface area contributed by atoms with E-state index in [1.54, 1.807) is 0 Å². The molecule has 2 unspecified atom stereocenters. The largest absolute Gasteiger partial charge is 0.392 e. The van der Waals surface area contributed by atoms with Crippen molar-refractivity contribution in [2.45, 2.75) is 51.7 Å². The highest BCUT2D eigenvalue weighted by atomic mass is 35.5. The van der Waals surface area contributed by atoms with Crippen LogP contribution in [0.4, 0.5) is 0 Å². The normalized spacial score (nSPS) is 24.5. The summed E-state index contributed by atoms with van der Waals surface area (Å²) in [5.41, 5.74) is 0. The fourth-order valence-electron chi connectivity index (χ4n) is 3.49. The van der Waals surface area contributed by atoms with Crippen LogP contribution >= 0.6 is 24.8 Å². The van der Waals surface area contributed by atoms with Gasteiger partial charge in [0, 0.05) is 38.6 Å². The van der Waals surface area contributed by atoms with Crippen LogP contribution in [-0.4, -0.2) is 72.2 Å². The second-order valence-electron chi connectivity index (χ2n) is 6.76. The second kappa shape index (κ2) is 11.5. The van der Waals surface area contributed by atoms with Gasteiger partial charge in [0.05, 0.1) is 6.10 Å². The Hall–Kier alpha value is -0.0700. The van der Waals surface area contributed by atoms with Crippen molar-refractivity contribution in [3.05, 3.63) is 0 Å². The van der Waals surface area contributed by atoms with E-state index in [0.29, 0.717) is 24.9 Å². The zero-order valence-corrected chi connectivity index (χ0v) is 16.0. The molecule has 0 radical (unpaired) electrons. The number of hydrogen-bond acceptors (Lipinski definition) is 4. The molecule has 2 N–H and O–H groups in total. The molecule has 2 aliphatic rings. The van der Waals surface area contributed by atoms with Gasteiger partial charge in [0.25, 0.3) is 0 Å². The van der Waals surface area contributed by atoms with Crippen LogP contribution in [0.5, 0.6) is 0 Å². The summed E-state index contributed by atoms with van der Waals surface area (Å²) in [4.78, 5) is 16.7. The number of β-amino-alcohol motifs (C(OH)–C–C–N with tert-alkyl or cyclic N) is 1. The SMILES string of the molecule is CC(O)CN1CCN(C(=O)CCC2CCNCC2)CC1C.Cl.Cl. The van der Waals surface area contributed by atoms with Crippen LogP contribution in [0.3, 0.4) is 0 Å². The number of aliphatic hydroxyl groups is 1. The maximum atomic E-state index is 12.4. The van der Waals surface area contributed by atoms with Gasteiger partial charge < -0.3 is 15.3 Å². The molecule has 0 spiro atoms. The monoisotopic (exact) mass is 369 g/mol. The van der Waals surface area contributed by atoms with E-state index >= 15 is 0 Å². The molecule has 0 saturated carbocycles. The lowest BCUT2D eigenvalue weighted by Crippen LogP contribution is -2.54. The first-order valence-electron chi connectivity index (χ1n) is 8.47. The van der Waals surface area contributed by atoms with Crippen molar-refractivity contribution in [1.82, 2.24) is 15.1 Å². The number of nitrogens with one attached hydrogen (secondary N) is 1. The number of carbonyl (C=O) groups excluding carboxylic acids is 1. The molecular formula is C16H33Cl2N3O2. The van der Waals surface area contributed by atoms with Gasteiger partial charge in [0.2, 0.25) is 5.91 Å². The highest BCUT2D eigenvalue weighted by molar-refractivity contribution is 5.85. The third-order valence-electron chi connectivity index (χ3n) is 4.84. The molecule has 2 rings (SSSR count). The van der Waals surface area contributed by atoms with Crippen molar-refractivity contribution in [1.29, 1.82) is 0 Å². The summed E-state index contributed by atoms with van der Waals surface area (Å²) < 4.78 is 0. The fourth-order valence-corrected chi connectivity index (χ4v) is 3.49. The van der Waals surface area contributed by atoms with Crippen LogP contribution in [0.25, 0.3) is 0 Å². The molecule has 2 aliphatic heterocycles. The number of piperidine rings is 1. The van der Waals surface area contributed by atoms with Crippen molar-refractivity contribution in [3.8, 4) is 0 Å². The average molecular weight is 370 g/mol. The molecule has 7 heteroatoms. The molecule has 0 aromatic carbocycles. The minimum atomic E-state index is -0.297. The molecule has 0 bridgehead atoms. The van der Waals surface area contributed by atoms with Crippen LogP contribution in [0, 0.1) is 5.92 Å². The van der Waals surface area contributed by atoms with E-state index in [0.717, 1.165) is 45.1 Å². The Morgan fingerprint density at radius 1 is 1.26 bits per heavy atom. The molecule has 2 saturated heterocycles. The standard InChI is InChI=1S/C16H31N3O2.2ClH/c1-13-11-19(10-9-18(13)12-14(2)20)16(21)4-3-15-5-7-17-8-6-15;;/h13-15,17,20H,3-12H2,1-2H3;2*1H. The van der Waals surface area contributed by atoms with Crippen LogP contribution in [-0.2, 0) is 4.79 Å². The molecule has 0 aromatic rings. The van der Waals surface area contributed by atoms with Gasteiger partial charge in [-0.3, -0.25) is 9.69 Å². The lowest BCUT2D eigenvalue weighted by molar-refractivity contribution is -0.134. The molecule has 138 valence electrons. The van der Waals surface area contributed by atoms with Gasteiger partial charge in [-0.2, -0.15) is 0 Å². The first-order chi connectivity index (χ1) is 10.1. The number of rotatable bonds is 5. The van der Waals surface area contributed by atoms with Crippen molar-refractivity contribution >= 4 is 30.7 Å². The smallest absolute Gasteiger partial charge is 0.222 e. The van der Waals surface area contributed by atoms with Gasteiger partial charge in [-0.1, -0.05) is 0 Å². The Balaban J connectivity index is 0.00000242. The molecule has 0 aliphatic carbocycles. The summed E-state index contributed by atoms with van der Waals surface area (Å²) in [6.45, 7) is 9.38. The van der Waals surface area contributed by atoms with E-state index < -0.39 is 0 Å². The van der Waals surface area contributed by atoms with Crippen molar-refractivity contribution < 1.29 is 9.90 Å². The van der Waals surface area contributed by atoms with Gasteiger partial charge in [-0.15, -0.1) is 24.8 Å². The van der Waals surface area contributed by atoms with E-state index in [4.69, 9.17) is 0 Å². The fraction of sp³-hybridized carbons (Fsp3) is 0.938. The first kappa shape index (κ1) is 22.9. The Kier molecular flexibility index (Phi) is 11.4. The molecule has 23 heavy (non-hydrogen) atoms. The number of hydrogen-bond donors (Lipinski definition) is 2. The zero-order valence-electron chi connectivity index (χ0n) is 14.4.